The van der Waals surface area contributed by atoms with Crippen LogP contribution in [0.5, 0.6) is 11.5 Å². The summed E-state index contributed by atoms with van der Waals surface area (Å²) in [5.74, 6) is 0.844. The molecular formula is C33H50O3. The molecule has 2 N–H and O–H groups in total. The van der Waals surface area contributed by atoms with Crippen LogP contribution in [0.4, 0.5) is 0 Å². The third kappa shape index (κ3) is 7.14. The lowest BCUT2D eigenvalue weighted by Crippen LogP contribution is -2.19. The molecule has 0 aromatic heterocycles. The molecule has 0 fully saturated rings. The SMILES string of the molecule is CC(C)(C)c1cc(CCCCC(=O)c2cc(C(C)(C)C)c(O)c(C(C)(C)C)c2)cc(C(C)(C)C)c1O. The van der Waals surface area contributed by atoms with E-state index < -0.39 is 0 Å². The summed E-state index contributed by atoms with van der Waals surface area (Å²) in [7, 11) is 0. The Morgan fingerprint density at radius 1 is 0.583 bits per heavy atom. The highest BCUT2D eigenvalue weighted by molar-refractivity contribution is 5.96. The van der Waals surface area contributed by atoms with Gasteiger partial charge in [0.05, 0.1) is 0 Å². The highest BCUT2D eigenvalue weighted by atomic mass is 16.3. The van der Waals surface area contributed by atoms with Crippen molar-refractivity contribution in [3.63, 3.8) is 0 Å². The number of aromatic hydroxyl groups is 2. The van der Waals surface area contributed by atoms with Gasteiger partial charge in [-0.3, -0.25) is 4.79 Å². The maximum atomic E-state index is 13.2. The van der Waals surface area contributed by atoms with Crippen molar-refractivity contribution < 1.29 is 15.0 Å². The molecule has 0 atom stereocenters. The zero-order valence-electron chi connectivity index (χ0n) is 24.9. The van der Waals surface area contributed by atoms with Crippen LogP contribution in [0.2, 0.25) is 0 Å². The molecule has 0 radical (unpaired) electrons. The van der Waals surface area contributed by atoms with Crippen molar-refractivity contribution in [2.45, 2.75) is 130 Å². The van der Waals surface area contributed by atoms with Crippen LogP contribution in [0.15, 0.2) is 24.3 Å². The largest absolute Gasteiger partial charge is 0.507 e. The van der Waals surface area contributed by atoms with E-state index in [0.717, 1.165) is 41.5 Å². The van der Waals surface area contributed by atoms with E-state index in [9.17, 15) is 15.0 Å². The number of Topliss-reactive ketones (excluding diaryl/α,β-unsaturated/α-hetero) is 1. The van der Waals surface area contributed by atoms with Crippen molar-refractivity contribution in [2.24, 2.45) is 0 Å². The maximum Gasteiger partial charge on any atom is 0.162 e. The number of hydrogen-bond donors (Lipinski definition) is 2. The predicted molar refractivity (Wildman–Crippen MR) is 153 cm³/mol. The number of rotatable bonds is 6. The Hall–Kier alpha value is -2.29. The van der Waals surface area contributed by atoms with Crippen molar-refractivity contribution in [3.8, 4) is 11.5 Å². The monoisotopic (exact) mass is 494 g/mol. The minimum atomic E-state index is -0.255. The average molecular weight is 495 g/mol. The highest BCUT2D eigenvalue weighted by Gasteiger charge is 2.28. The first-order chi connectivity index (χ1) is 16.1. The standard InChI is InChI=1S/C33H50O3/c1-30(2,3)23-17-21(18-24(28(23)35)31(4,5)6)15-13-14-16-27(34)22-19-25(32(7,8)9)29(36)26(20-22)33(10,11)12/h17-20,35-36H,13-16H2,1-12H3. The van der Waals surface area contributed by atoms with Gasteiger partial charge < -0.3 is 10.2 Å². The van der Waals surface area contributed by atoms with Crippen LogP contribution in [0.25, 0.3) is 0 Å². The molecule has 0 bridgehead atoms. The van der Waals surface area contributed by atoms with Gasteiger partial charge in [0.2, 0.25) is 0 Å². The molecule has 2 aromatic carbocycles. The quantitative estimate of drug-likeness (QED) is 0.311. The van der Waals surface area contributed by atoms with Crippen molar-refractivity contribution in [3.05, 3.63) is 57.6 Å². The van der Waals surface area contributed by atoms with Crippen LogP contribution in [-0.2, 0) is 28.1 Å². The topological polar surface area (TPSA) is 57.5 Å². The van der Waals surface area contributed by atoms with E-state index >= 15 is 0 Å². The van der Waals surface area contributed by atoms with Gasteiger partial charge in [0.1, 0.15) is 11.5 Å². The molecular weight excluding hydrogens is 444 g/mol. The number of carbonyl (C=O) groups excluding carboxylic acids is 1. The Bertz CT molecular complexity index is 1020. The van der Waals surface area contributed by atoms with Crippen LogP contribution < -0.4 is 0 Å². The Morgan fingerprint density at radius 2 is 0.917 bits per heavy atom. The fourth-order valence-electron chi connectivity index (χ4n) is 4.68. The molecule has 0 aliphatic heterocycles. The summed E-state index contributed by atoms with van der Waals surface area (Å²) in [6.45, 7) is 25.2. The van der Waals surface area contributed by atoms with Crippen LogP contribution in [0.1, 0.15) is 141 Å². The zero-order valence-corrected chi connectivity index (χ0v) is 24.9. The number of aryl methyl sites for hydroxylation is 1. The average Bonchev–Trinajstić information content (AvgIpc) is 2.68. The Labute approximate surface area is 220 Å². The lowest BCUT2D eigenvalue weighted by atomic mass is 9.77. The summed E-state index contributed by atoms with van der Waals surface area (Å²) in [4.78, 5) is 13.2. The minimum absolute atomic E-state index is 0.127. The predicted octanol–water partition coefficient (Wildman–Crippen LogP) is 8.88. The van der Waals surface area contributed by atoms with Gasteiger partial charge in [0, 0.05) is 23.1 Å². The molecule has 0 unspecified atom stereocenters. The normalized spacial score (nSPS) is 13.2. The van der Waals surface area contributed by atoms with E-state index in [1.807, 2.05) is 12.1 Å². The van der Waals surface area contributed by atoms with E-state index in [0.29, 0.717) is 23.5 Å². The lowest BCUT2D eigenvalue weighted by Gasteiger charge is -2.28. The molecule has 0 saturated carbocycles. The molecule has 2 rings (SSSR count). The molecule has 200 valence electrons. The van der Waals surface area contributed by atoms with Gasteiger partial charge in [0.25, 0.3) is 0 Å². The summed E-state index contributed by atoms with van der Waals surface area (Å²) in [6, 6.07) is 8.05. The van der Waals surface area contributed by atoms with Gasteiger partial charge in [-0.05, 0) is 69.7 Å². The van der Waals surface area contributed by atoms with Crippen molar-refractivity contribution in [2.75, 3.05) is 0 Å². The highest BCUT2D eigenvalue weighted by Crippen LogP contribution is 2.41. The molecule has 3 nitrogen and oxygen atoms in total. The number of carbonyl (C=O) groups is 1. The van der Waals surface area contributed by atoms with Crippen LogP contribution in [-0.4, -0.2) is 16.0 Å². The van der Waals surface area contributed by atoms with E-state index in [1.54, 1.807) is 0 Å². The second-order valence-electron chi connectivity index (χ2n) is 14.6. The molecule has 0 aliphatic carbocycles. The molecule has 3 heteroatoms. The second-order valence-corrected chi connectivity index (χ2v) is 14.6. The fourth-order valence-corrected chi connectivity index (χ4v) is 4.68. The number of unbranched alkanes of at least 4 members (excludes halogenated alkanes) is 1. The van der Waals surface area contributed by atoms with Crippen LogP contribution in [0, 0.1) is 0 Å². The summed E-state index contributed by atoms with van der Waals surface area (Å²) in [5, 5.41) is 21.9. The third-order valence-electron chi connectivity index (χ3n) is 6.95. The number of ketones is 1. The van der Waals surface area contributed by atoms with E-state index in [-0.39, 0.29) is 27.4 Å². The van der Waals surface area contributed by atoms with Gasteiger partial charge in [-0.1, -0.05) is 95.2 Å². The lowest BCUT2D eigenvalue weighted by molar-refractivity contribution is 0.0979. The van der Waals surface area contributed by atoms with Crippen molar-refractivity contribution >= 4 is 5.78 Å². The molecule has 36 heavy (non-hydrogen) atoms. The Balaban J connectivity index is 2.23. The molecule has 0 aliphatic rings. The van der Waals surface area contributed by atoms with Crippen LogP contribution >= 0.6 is 0 Å². The molecule has 2 aromatic rings. The van der Waals surface area contributed by atoms with E-state index in [2.05, 4.69) is 95.2 Å². The van der Waals surface area contributed by atoms with Crippen molar-refractivity contribution in [1.29, 1.82) is 0 Å². The Morgan fingerprint density at radius 3 is 1.25 bits per heavy atom. The van der Waals surface area contributed by atoms with Gasteiger partial charge in [-0.15, -0.1) is 0 Å². The molecule has 0 spiro atoms. The fraction of sp³-hybridized carbons (Fsp3) is 0.606. The van der Waals surface area contributed by atoms with Crippen molar-refractivity contribution in [1.82, 2.24) is 0 Å². The van der Waals surface area contributed by atoms with Gasteiger partial charge >= 0.3 is 0 Å². The molecule has 0 amide bonds. The maximum absolute atomic E-state index is 13.2. The summed E-state index contributed by atoms with van der Waals surface area (Å²) in [5.41, 5.74) is 4.71. The first kappa shape index (κ1) is 29.9. The first-order valence-electron chi connectivity index (χ1n) is 13.4. The Kier molecular flexibility index (Phi) is 8.50. The number of phenols is 2. The zero-order chi connectivity index (χ0) is 27.9. The summed E-state index contributed by atoms with van der Waals surface area (Å²) < 4.78 is 0. The third-order valence-corrected chi connectivity index (χ3v) is 6.95. The van der Waals surface area contributed by atoms with Crippen LogP contribution in [0.3, 0.4) is 0 Å². The smallest absolute Gasteiger partial charge is 0.162 e. The first-order valence-corrected chi connectivity index (χ1v) is 13.4. The number of benzene rings is 2. The minimum Gasteiger partial charge on any atom is -0.507 e. The summed E-state index contributed by atoms with van der Waals surface area (Å²) in [6.07, 6.45) is 3.05. The second kappa shape index (κ2) is 10.2. The molecule has 0 saturated heterocycles. The molecule has 0 heterocycles. The number of hydrogen-bond acceptors (Lipinski definition) is 3. The van der Waals surface area contributed by atoms with E-state index in [1.165, 1.54) is 5.56 Å². The van der Waals surface area contributed by atoms with Gasteiger partial charge in [-0.25, -0.2) is 0 Å². The number of phenolic OH excluding ortho intramolecular Hbond substituents is 2. The van der Waals surface area contributed by atoms with Gasteiger partial charge in [0.15, 0.2) is 5.78 Å². The van der Waals surface area contributed by atoms with E-state index in [4.69, 9.17) is 0 Å². The van der Waals surface area contributed by atoms with Gasteiger partial charge in [-0.2, -0.15) is 0 Å². The summed E-state index contributed by atoms with van der Waals surface area (Å²) >= 11 is 0.